The molecule has 0 bridgehead atoms. The summed E-state index contributed by atoms with van der Waals surface area (Å²) in [7, 11) is 0. The van der Waals surface area contributed by atoms with Crippen LogP contribution < -0.4 is 15.9 Å². The summed E-state index contributed by atoms with van der Waals surface area (Å²) in [5.41, 5.74) is 1.88. The molecule has 3 nitrogen and oxygen atoms in total. The molecule has 76 valence electrons. The van der Waals surface area contributed by atoms with Crippen LogP contribution in [0.1, 0.15) is 12.5 Å². The Hall–Kier alpha value is -1.90. The van der Waals surface area contributed by atoms with Crippen LogP contribution in [0.4, 0.5) is 5.69 Å². The molecule has 0 radical (unpaired) electrons. The number of fused-ring (bicyclic) bond motifs is 1. The smallest absolute Gasteiger partial charge is 0.270 e. The summed E-state index contributed by atoms with van der Waals surface area (Å²) in [5, 5.41) is 4.65. The van der Waals surface area contributed by atoms with Gasteiger partial charge in [0, 0.05) is 29.1 Å². The molecular weight excluding hydrogens is 188 g/mol. The highest BCUT2D eigenvalue weighted by Crippen LogP contribution is 2.03. The Morgan fingerprint density at radius 1 is 1.40 bits per heavy atom. The van der Waals surface area contributed by atoms with Crippen molar-refractivity contribution in [2.75, 3.05) is 11.9 Å². The van der Waals surface area contributed by atoms with Crippen molar-refractivity contribution in [1.82, 2.24) is 0 Å². The number of rotatable bonds is 2. The van der Waals surface area contributed by atoms with Crippen molar-refractivity contribution in [2.45, 2.75) is 6.92 Å². The molecule has 1 aliphatic rings. The average molecular weight is 200 g/mol. The molecule has 1 amide bonds. The zero-order chi connectivity index (χ0) is 10.8. The molecule has 1 aliphatic heterocycles. The van der Waals surface area contributed by atoms with Crippen molar-refractivity contribution in [1.29, 1.82) is 0 Å². The number of nitrogens with zero attached hydrogens (tertiary/aromatic N) is 1. The SMILES string of the molecule is C=c1c(NCC)ccc2c1=NC(=O)C=C2. The van der Waals surface area contributed by atoms with E-state index in [0.29, 0.717) is 5.36 Å². The van der Waals surface area contributed by atoms with E-state index in [0.717, 1.165) is 23.0 Å². The Balaban J connectivity index is 2.68. The van der Waals surface area contributed by atoms with E-state index < -0.39 is 0 Å². The van der Waals surface area contributed by atoms with Crippen LogP contribution in [-0.2, 0) is 4.79 Å². The minimum Gasteiger partial charge on any atom is -0.385 e. The number of nitrogens with one attached hydrogen (secondary N) is 1. The lowest BCUT2D eigenvalue weighted by atomic mass is 10.1. The van der Waals surface area contributed by atoms with Crippen molar-refractivity contribution < 1.29 is 4.79 Å². The molecule has 15 heavy (non-hydrogen) atoms. The van der Waals surface area contributed by atoms with Crippen LogP contribution in [0, 0.1) is 0 Å². The first-order valence-corrected chi connectivity index (χ1v) is 4.89. The van der Waals surface area contributed by atoms with Gasteiger partial charge < -0.3 is 5.32 Å². The first-order chi connectivity index (χ1) is 7.22. The lowest BCUT2D eigenvalue weighted by Gasteiger charge is -2.07. The quantitative estimate of drug-likeness (QED) is 0.763. The van der Waals surface area contributed by atoms with E-state index in [1.807, 2.05) is 19.1 Å². The third-order valence-corrected chi connectivity index (χ3v) is 2.31. The highest BCUT2D eigenvalue weighted by Gasteiger charge is 2.05. The molecule has 0 saturated heterocycles. The number of benzene rings is 1. The summed E-state index contributed by atoms with van der Waals surface area (Å²) in [6, 6.07) is 3.90. The second-order valence-electron chi connectivity index (χ2n) is 3.34. The van der Waals surface area contributed by atoms with Gasteiger partial charge in [0.2, 0.25) is 0 Å². The van der Waals surface area contributed by atoms with E-state index in [4.69, 9.17) is 0 Å². The van der Waals surface area contributed by atoms with Crippen molar-refractivity contribution in [3.05, 3.63) is 34.3 Å². The Kier molecular flexibility index (Phi) is 2.37. The monoisotopic (exact) mass is 200 g/mol. The van der Waals surface area contributed by atoms with Gasteiger partial charge in [-0.05, 0) is 19.1 Å². The second kappa shape index (κ2) is 3.69. The number of amides is 1. The number of hydrogen-bond acceptors (Lipinski definition) is 2. The van der Waals surface area contributed by atoms with Crippen molar-refractivity contribution in [3.8, 4) is 0 Å². The summed E-state index contributed by atoms with van der Waals surface area (Å²) in [5.74, 6) is -0.221. The molecule has 0 aliphatic carbocycles. The van der Waals surface area contributed by atoms with Crippen LogP contribution >= 0.6 is 0 Å². The molecule has 0 unspecified atom stereocenters. The summed E-state index contributed by atoms with van der Waals surface area (Å²) in [4.78, 5) is 15.1. The zero-order valence-electron chi connectivity index (χ0n) is 8.58. The average Bonchev–Trinajstić information content (AvgIpc) is 2.23. The van der Waals surface area contributed by atoms with Crippen LogP contribution in [0.5, 0.6) is 0 Å². The largest absolute Gasteiger partial charge is 0.385 e. The minimum atomic E-state index is -0.221. The normalized spacial score (nSPS) is 13.3. The van der Waals surface area contributed by atoms with Gasteiger partial charge in [-0.15, -0.1) is 0 Å². The molecule has 1 aromatic carbocycles. The lowest BCUT2D eigenvalue weighted by Crippen LogP contribution is -2.31. The molecule has 1 heterocycles. The van der Waals surface area contributed by atoms with Gasteiger partial charge in [-0.25, -0.2) is 4.99 Å². The van der Waals surface area contributed by atoms with Crippen LogP contribution in [0.25, 0.3) is 12.7 Å². The van der Waals surface area contributed by atoms with E-state index in [-0.39, 0.29) is 5.91 Å². The number of hydrogen-bond donors (Lipinski definition) is 1. The van der Waals surface area contributed by atoms with Gasteiger partial charge >= 0.3 is 0 Å². The van der Waals surface area contributed by atoms with E-state index >= 15 is 0 Å². The maximum absolute atomic E-state index is 11.1. The molecule has 0 saturated carbocycles. The molecule has 0 spiro atoms. The Morgan fingerprint density at radius 3 is 2.93 bits per heavy atom. The molecule has 0 aromatic heterocycles. The van der Waals surface area contributed by atoms with E-state index in [1.54, 1.807) is 6.08 Å². The summed E-state index contributed by atoms with van der Waals surface area (Å²) < 4.78 is 0. The maximum atomic E-state index is 11.1. The predicted octanol–water partition coefficient (Wildman–Crippen LogP) is 0.702. The first-order valence-electron chi connectivity index (χ1n) is 4.89. The number of carbonyl (C=O) groups is 1. The number of anilines is 1. The van der Waals surface area contributed by atoms with Gasteiger partial charge in [-0.1, -0.05) is 12.6 Å². The third kappa shape index (κ3) is 1.68. The predicted molar refractivity (Wildman–Crippen MR) is 60.9 cm³/mol. The molecule has 1 N–H and O–H groups in total. The fourth-order valence-electron chi connectivity index (χ4n) is 1.59. The third-order valence-electron chi connectivity index (χ3n) is 2.31. The minimum absolute atomic E-state index is 0.221. The summed E-state index contributed by atoms with van der Waals surface area (Å²) >= 11 is 0. The highest BCUT2D eigenvalue weighted by atomic mass is 16.1. The highest BCUT2D eigenvalue weighted by molar-refractivity contribution is 5.94. The molecule has 3 heteroatoms. The van der Waals surface area contributed by atoms with Crippen LogP contribution in [-0.4, -0.2) is 12.5 Å². The van der Waals surface area contributed by atoms with Gasteiger partial charge in [0.1, 0.15) is 0 Å². The fraction of sp³-hybridized carbons (Fsp3) is 0.167. The van der Waals surface area contributed by atoms with Gasteiger partial charge in [0.05, 0.1) is 5.36 Å². The Labute approximate surface area is 87.8 Å². The maximum Gasteiger partial charge on any atom is 0.270 e. The standard InChI is InChI=1S/C12H12N2O/c1-3-13-10-6-4-9-5-7-11(15)14-12(9)8(10)2/h4-7,13H,2-3H2,1H3. The molecule has 0 fully saturated rings. The second-order valence-corrected chi connectivity index (χ2v) is 3.34. The molecule has 0 atom stereocenters. The van der Waals surface area contributed by atoms with Gasteiger partial charge in [0.25, 0.3) is 5.91 Å². The van der Waals surface area contributed by atoms with Gasteiger partial charge in [0.15, 0.2) is 0 Å². The van der Waals surface area contributed by atoms with Crippen molar-refractivity contribution >= 4 is 24.2 Å². The first kappa shape index (κ1) is 9.65. The van der Waals surface area contributed by atoms with E-state index in [1.165, 1.54) is 6.08 Å². The Bertz CT molecular complexity index is 543. The Morgan fingerprint density at radius 2 is 2.20 bits per heavy atom. The van der Waals surface area contributed by atoms with Crippen LogP contribution in [0.15, 0.2) is 23.2 Å². The zero-order valence-corrected chi connectivity index (χ0v) is 8.58. The van der Waals surface area contributed by atoms with E-state index in [2.05, 4.69) is 16.9 Å². The lowest BCUT2D eigenvalue weighted by molar-refractivity contribution is -0.113. The molecule has 2 rings (SSSR count). The van der Waals surface area contributed by atoms with Crippen LogP contribution in [0.2, 0.25) is 0 Å². The molecular formula is C12H12N2O. The van der Waals surface area contributed by atoms with Crippen LogP contribution in [0.3, 0.4) is 0 Å². The van der Waals surface area contributed by atoms with E-state index in [9.17, 15) is 4.79 Å². The topological polar surface area (TPSA) is 41.5 Å². The fourth-order valence-corrected chi connectivity index (χ4v) is 1.59. The summed E-state index contributed by atoms with van der Waals surface area (Å²) in [6.45, 7) is 6.78. The number of carbonyl (C=O) groups excluding carboxylic acids is 1. The molecule has 1 aromatic rings. The van der Waals surface area contributed by atoms with Crippen molar-refractivity contribution in [3.63, 3.8) is 0 Å². The van der Waals surface area contributed by atoms with Gasteiger partial charge in [-0.3, -0.25) is 4.79 Å². The van der Waals surface area contributed by atoms with Crippen molar-refractivity contribution in [2.24, 2.45) is 4.99 Å². The summed E-state index contributed by atoms with van der Waals surface area (Å²) in [6.07, 6.45) is 3.24. The van der Waals surface area contributed by atoms with Gasteiger partial charge in [-0.2, -0.15) is 0 Å².